The summed E-state index contributed by atoms with van der Waals surface area (Å²) in [4.78, 5) is 4.53. The quantitative estimate of drug-likeness (QED) is 0.704. The predicted octanol–water partition coefficient (Wildman–Crippen LogP) is 2.55. The van der Waals surface area contributed by atoms with Crippen molar-refractivity contribution in [2.24, 2.45) is 0 Å². The van der Waals surface area contributed by atoms with E-state index in [-0.39, 0.29) is 0 Å². The average molecular weight is 186 g/mol. The van der Waals surface area contributed by atoms with Crippen LogP contribution in [0.15, 0.2) is 36.7 Å². The molecule has 0 saturated heterocycles. The summed E-state index contributed by atoms with van der Waals surface area (Å²) in [6.07, 6.45) is 4.10. The Morgan fingerprint density at radius 1 is 1.14 bits per heavy atom. The van der Waals surface area contributed by atoms with Crippen LogP contribution >= 0.6 is 0 Å². The number of rotatable bonds is 2. The molecule has 0 aliphatic carbocycles. The van der Waals surface area contributed by atoms with E-state index in [4.69, 9.17) is 0 Å². The molecule has 0 unspecified atom stereocenters. The van der Waals surface area contributed by atoms with Gasteiger partial charge in [0.1, 0.15) is 0 Å². The highest BCUT2D eigenvalue weighted by molar-refractivity contribution is 5.20. The summed E-state index contributed by atoms with van der Waals surface area (Å²) in [6.45, 7) is 4.99. The van der Waals surface area contributed by atoms with Gasteiger partial charge in [0.25, 0.3) is 0 Å². The second kappa shape index (κ2) is 3.66. The summed E-state index contributed by atoms with van der Waals surface area (Å²) in [5, 5.41) is 0. The minimum absolute atomic E-state index is 0.855. The van der Waals surface area contributed by atoms with Crippen LogP contribution in [0.25, 0.3) is 0 Å². The maximum Gasteiger partial charge on any atom is 0.0642 e. The smallest absolute Gasteiger partial charge is 0.0642 e. The van der Waals surface area contributed by atoms with Crippen LogP contribution < -0.4 is 0 Å². The van der Waals surface area contributed by atoms with Gasteiger partial charge in [-0.25, -0.2) is 0 Å². The molecule has 2 aromatic rings. The van der Waals surface area contributed by atoms with Gasteiger partial charge in [-0.3, -0.25) is 4.98 Å². The first-order valence-corrected chi connectivity index (χ1v) is 4.79. The molecular formula is C12H14N2. The third-order valence-corrected chi connectivity index (χ3v) is 2.42. The zero-order valence-corrected chi connectivity index (χ0v) is 8.57. The fourth-order valence-corrected chi connectivity index (χ4v) is 1.43. The Kier molecular flexibility index (Phi) is 2.35. The van der Waals surface area contributed by atoms with Gasteiger partial charge in [0.2, 0.25) is 0 Å². The van der Waals surface area contributed by atoms with E-state index < -0.39 is 0 Å². The Morgan fingerprint density at radius 2 is 1.86 bits per heavy atom. The molecule has 0 aliphatic rings. The normalized spacial score (nSPS) is 10.4. The van der Waals surface area contributed by atoms with Gasteiger partial charge in [0.05, 0.1) is 12.2 Å². The van der Waals surface area contributed by atoms with Crippen molar-refractivity contribution < 1.29 is 0 Å². The van der Waals surface area contributed by atoms with E-state index in [2.05, 4.69) is 47.9 Å². The topological polar surface area (TPSA) is 17.8 Å². The molecule has 0 amide bonds. The van der Waals surface area contributed by atoms with E-state index in [1.807, 2.05) is 12.1 Å². The minimum atomic E-state index is 0.855. The standard InChI is InChI=1S/C12H14N2/c1-10-5-6-12(13-11(10)2)9-14-7-3-4-8-14/h3-8H,9H2,1-2H3. The number of aromatic nitrogens is 2. The average Bonchev–Trinajstić information content (AvgIpc) is 2.64. The highest BCUT2D eigenvalue weighted by atomic mass is 14.9. The Bertz CT molecular complexity index is 416. The number of nitrogens with zero attached hydrogens (tertiary/aromatic N) is 2. The molecule has 0 saturated carbocycles. The van der Waals surface area contributed by atoms with Gasteiger partial charge in [0, 0.05) is 18.1 Å². The molecule has 14 heavy (non-hydrogen) atoms. The van der Waals surface area contributed by atoms with Crippen LogP contribution in [0.3, 0.4) is 0 Å². The third kappa shape index (κ3) is 1.84. The summed E-state index contributed by atoms with van der Waals surface area (Å²) in [5.41, 5.74) is 3.49. The molecule has 2 heterocycles. The molecule has 0 spiro atoms. The van der Waals surface area contributed by atoms with Crippen molar-refractivity contribution in [3.63, 3.8) is 0 Å². The van der Waals surface area contributed by atoms with Gasteiger partial charge < -0.3 is 4.57 Å². The van der Waals surface area contributed by atoms with Crippen molar-refractivity contribution in [2.45, 2.75) is 20.4 Å². The Balaban J connectivity index is 2.22. The van der Waals surface area contributed by atoms with Gasteiger partial charge in [-0.1, -0.05) is 6.07 Å². The van der Waals surface area contributed by atoms with Gasteiger partial charge in [-0.2, -0.15) is 0 Å². The molecule has 72 valence electrons. The van der Waals surface area contributed by atoms with Crippen molar-refractivity contribution in [1.82, 2.24) is 9.55 Å². The van der Waals surface area contributed by atoms with Crippen LogP contribution in [0.4, 0.5) is 0 Å². The second-order valence-electron chi connectivity index (χ2n) is 3.56. The summed E-state index contributed by atoms with van der Waals surface area (Å²) in [5.74, 6) is 0. The molecule has 0 atom stereocenters. The third-order valence-electron chi connectivity index (χ3n) is 2.42. The monoisotopic (exact) mass is 186 g/mol. The van der Waals surface area contributed by atoms with Gasteiger partial charge in [-0.15, -0.1) is 0 Å². The van der Waals surface area contributed by atoms with Crippen LogP contribution in [0, 0.1) is 13.8 Å². The van der Waals surface area contributed by atoms with Gasteiger partial charge >= 0.3 is 0 Å². The fraction of sp³-hybridized carbons (Fsp3) is 0.250. The van der Waals surface area contributed by atoms with Crippen LogP contribution in [0.5, 0.6) is 0 Å². The first-order valence-electron chi connectivity index (χ1n) is 4.79. The summed E-state index contributed by atoms with van der Waals surface area (Å²) in [7, 11) is 0. The van der Waals surface area contributed by atoms with Crippen LogP contribution in [0.1, 0.15) is 17.0 Å². The Hall–Kier alpha value is -1.57. The van der Waals surface area contributed by atoms with E-state index in [9.17, 15) is 0 Å². The molecular weight excluding hydrogens is 172 g/mol. The second-order valence-corrected chi connectivity index (χ2v) is 3.56. The van der Waals surface area contributed by atoms with E-state index in [1.54, 1.807) is 0 Å². The molecule has 2 aromatic heterocycles. The molecule has 0 aromatic carbocycles. The van der Waals surface area contributed by atoms with Crippen molar-refractivity contribution in [3.05, 3.63) is 53.6 Å². The molecule has 2 heteroatoms. The lowest BCUT2D eigenvalue weighted by atomic mass is 10.2. The van der Waals surface area contributed by atoms with E-state index in [0.717, 1.165) is 17.9 Å². The Morgan fingerprint density at radius 3 is 2.50 bits per heavy atom. The van der Waals surface area contributed by atoms with E-state index in [0.29, 0.717) is 0 Å². The molecule has 0 radical (unpaired) electrons. The lowest BCUT2D eigenvalue weighted by Gasteiger charge is -2.05. The Labute approximate surface area is 84.2 Å². The largest absolute Gasteiger partial charge is 0.348 e. The van der Waals surface area contributed by atoms with Crippen molar-refractivity contribution in [2.75, 3.05) is 0 Å². The van der Waals surface area contributed by atoms with E-state index >= 15 is 0 Å². The number of pyridine rings is 1. The minimum Gasteiger partial charge on any atom is -0.348 e. The molecule has 2 rings (SSSR count). The molecule has 0 aliphatic heterocycles. The van der Waals surface area contributed by atoms with Gasteiger partial charge in [0.15, 0.2) is 0 Å². The zero-order valence-electron chi connectivity index (χ0n) is 8.57. The van der Waals surface area contributed by atoms with Gasteiger partial charge in [-0.05, 0) is 37.6 Å². The number of aryl methyl sites for hydroxylation is 2. The van der Waals surface area contributed by atoms with Crippen LogP contribution in [0.2, 0.25) is 0 Å². The highest BCUT2D eigenvalue weighted by Gasteiger charge is 1.98. The number of hydrogen-bond donors (Lipinski definition) is 0. The molecule has 0 bridgehead atoms. The van der Waals surface area contributed by atoms with Crippen molar-refractivity contribution >= 4 is 0 Å². The summed E-state index contributed by atoms with van der Waals surface area (Å²) in [6, 6.07) is 8.27. The maximum atomic E-state index is 4.53. The molecule has 0 fully saturated rings. The SMILES string of the molecule is Cc1ccc(Cn2cccc2)nc1C. The predicted molar refractivity (Wildman–Crippen MR) is 57.2 cm³/mol. The van der Waals surface area contributed by atoms with Crippen molar-refractivity contribution in [1.29, 1.82) is 0 Å². The first kappa shape index (κ1) is 9.00. The zero-order chi connectivity index (χ0) is 9.97. The number of hydrogen-bond acceptors (Lipinski definition) is 1. The summed E-state index contributed by atoms with van der Waals surface area (Å²) >= 11 is 0. The van der Waals surface area contributed by atoms with E-state index in [1.165, 1.54) is 5.56 Å². The van der Waals surface area contributed by atoms with Crippen molar-refractivity contribution in [3.8, 4) is 0 Å². The lowest BCUT2D eigenvalue weighted by Crippen LogP contribution is -2.00. The first-order chi connectivity index (χ1) is 6.75. The maximum absolute atomic E-state index is 4.53. The molecule has 2 nitrogen and oxygen atoms in total. The fourth-order valence-electron chi connectivity index (χ4n) is 1.43. The van der Waals surface area contributed by atoms with Crippen LogP contribution in [-0.2, 0) is 6.54 Å². The van der Waals surface area contributed by atoms with Crippen LogP contribution in [-0.4, -0.2) is 9.55 Å². The lowest BCUT2D eigenvalue weighted by molar-refractivity contribution is 0.775. The molecule has 0 N–H and O–H groups in total. The summed E-state index contributed by atoms with van der Waals surface area (Å²) < 4.78 is 2.12. The highest BCUT2D eigenvalue weighted by Crippen LogP contribution is 2.06.